The zero-order valence-electron chi connectivity index (χ0n) is 5.62. The van der Waals surface area contributed by atoms with Crippen LogP contribution in [0.25, 0.3) is 0 Å². The van der Waals surface area contributed by atoms with E-state index in [1.165, 1.54) is 0 Å². The van der Waals surface area contributed by atoms with Crippen molar-refractivity contribution < 1.29 is 14.6 Å². The van der Waals surface area contributed by atoms with Gasteiger partial charge in [0.2, 0.25) is 0 Å². The van der Waals surface area contributed by atoms with Crippen molar-refractivity contribution in [3.8, 4) is 0 Å². The van der Waals surface area contributed by atoms with Crippen LogP contribution < -0.4 is 5.73 Å². The van der Waals surface area contributed by atoms with Crippen molar-refractivity contribution in [3.63, 3.8) is 0 Å². The summed E-state index contributed by atoms with van der Waals surface area (Å²) < 4.78 is 4.95. The molecule has 0 saturated carbocycles. The van der Waals surface area contributed by atoms with Gasteiger partial charge in [0.05, 0.1) is 19.1 Å². The number of hydrogen-bond donors (Lipinski definition) is 2. The Morgan fingerprint density at radius 3 is 2.70 bits per heavy atom. The fourth-order valence-electron chi connectivity index (χ4n) is 1.04. The molecule has 58 valence electrons. The van der Waals surface area contributed by atoms with Gasteiger partial charge in [0.15, 0.2) is 0 Å². The first-order valence-electron chi connectivity index (χ1n) is 3.26. The summed E-state index contributed by atoms with van der Waals surface area (Å²) in [4.78, 5) is 10.4. The molecule has 0 bridgehead atoms. The zero-order chi connectivity index (χ0) is 7.56. The molecule has 1 aliphatic rings. The minimum atomic E-state index is -0.810. The Balaban J connectivity index is 2.39. The summed E-state index contributed by atoms with van der Waals surface area (Å²) in [6, 6.07) is -0.102. The molecule has 3 N–H and O–H groups in total. The number of carboxylic acid groups (broad SMARTS) is 1. The lowest BCUT2D eigenvalue weighted by atomic mass is 10.00. The highest BCUT2D eigenvalue weighted by atomic mass is 16.5. The van der Waals surface area contributed by atoms with E-state index >= 15 is 0 Å². The van der Waals surface area contributed by atoms with Crippen LogP contribution in [0.4, 0.5) is 0 Å². The molecule has 4 heteroatoms. The van der Waals surface area contributed by atoms with Crippen molar-refractivity contribution >= 4 is 5.97 Å². The van der Waals surface area contributed by atoms with Crippen LogP contribution in [-0.4, -0.2) is 30.3 Å². The van der Waals surface area contributed by atoms with Gasteiger partial charge in [0.25, 0.3) is 0 Å². The van der Waals surface area contributed by atoms with Crippen molar-refractivity contribution in [2.24, 2.45) is 11.7 Å². The summed E-state index contributed by atoms with van der Waals surface area (Å²) in [6.07, 6.45) is 0.537. The van der Waals surface area contributed by atoms with Crippen LogP contribution in [0.15, 0.2) is 0 Å². The van der Waals surface area contributed by atoms with E-state index in [4.69, 9.17) is 15.6 Å². The minimum absolute atomic E-state index is 0.102. The van der Waals surface area contributed by atoms with Crippen LogP contribution in [0.5, 0.6) is 0 Å². The number of rotatable bonds is 1. The molecule has 0 aromatic carbocycles. The van der Waals surface area contributed by atoms with Gasteiger partial charge >= 0.3 is 5.97 Å². The summed E-state index contributed by atoms with van der Waals surface area (Å²) in [5, 5.41) is 8.52. The average Bonchev–Trinajstić information content (AvgIpc) is 1.88. The van der Waals surface area contributed by atoms with Crippen molar-refractivity contribution in [3.05, 3.63) is 0 Å². The third-order valence-electron chi connectivity index (χ3n) is 1.59. The van der Waals surface area contributed by atoms with Gasteiger partial charge in [-0.25, -0.2) is 0 Å². The monoisotopic (exact) mass is 145 g/mol. The average molecular weight is 145 g/mol. The predicted octanol–water partition coefficient (Wildman–Crippen LogP) is -0.565. The van der Waals surface area contributed by atoms with Crippen molar-refractivity contribution in [2.45, 2.75) is 12.5 Å². The largest absolute Gasteiger partial charge is 0.481 e. The molecule has 4 nitrogen and oxygen atoms in total. The maximum atomic E-state index is 10.4. The van der Waals surface area contributed by atoms with Crippen LogP contribution in [0, 0.1) is 5.92 Å². The van der Waals surface area contributed by atoms with Crippen LogP contribution in [-0.2, 0) is 9.53 Å². The van der Waals surface area contributed by atoms with E-state index in [-0.39, 0.29) is 6.04 Å². The quantitative estimate of drug-likeness (QED) is 0.518. The maximum absolute atomic E-state index is 10.4. The molecule has 1 heterocycles. The lowest BCUT2D eigenvalue weighted by Crippen LogP contribution is -2.38. The Morgan fingerprint density at radius 2 is 2.30 bits per heavy atom. The molecular weight excluding hydrogens is 134 g/mol. The molecule has 10 heavy (non-hydrogen) atoms. The summed E-state index contributed by atoms with van der Waals surface area (Å²) in [6.45, 7) is 0.798. The van der Waals surface area contributed by atoms with Gasteiger partial charge in [-0.05, 0) is 6.42 Å². The van der Waals surface area contributed by atoms with E-state index in [1.54, 1.807) is 0 Å². The fourth-order valence-corrected chi connectivity index (χ4v) is 1.04. The Kier molecular flexibility index (Phi) is 2.24. The van der Waals surface area contributed by atoms with Crippen LogP contribution in [0.3, 0.4) is 0 Å². The predicted molar refractivity (Wildman–Crippen MR) is 34.5 cm³/mol. The first-order valence-corrected chi connectivity index (χ1v) is 3.26. The Hall–Kier alpha value is -0.610. The van der Waals surface area contributed by atoms with Crippen molar-refractivity contribution in [1.29, 1.82) is 0 Å². The number of nitrogens with two attached hydrogens (primary N) is 1. The van der Waals surface area contributed by atoms with Gasteiger partial charge in [-0.3, -0.25) is 4.79 Å². The molecular formula is C6H11NO3. The second-order valence-corrected chi connectivity index (χ2v) is 2.57. The van der Waals surface area contributed by atoms with E-state index in [9.17, 15) is 4.79 Å². The van der Waals surface area contributed by atoms with Crippen LogP contribution >= 0.6 is 0 Å². The highest BCUT2D eigenvalue weighted by Gasteiger charge is 2.25. The van der Waals surface area contributed by atoms with Crippen molar-refractivity contribution in [1.82, 2.24) is 0 Å². The molecule has 1 fully saturated rings. The van der Waals surface area contributed by atoms with E-state index < -0.39 is 11.9 Å². The van der Waals surface area contributed by atoms with Crippen molar-refractivity contribution in [2.75, 3.05) is 13.2 Å². The lowest BCUT2D eigenvalue weighted by molar-refractivity contribution is -0.146. The highest BCUT2D eigenvalue weighted by molar-refractivity contribution is 5.70. The number of ether oxygens (including phenoxy) is 1. The molecule has 0 aromatic rings. The summed E-state index contributed by atoms with van der Waals surface area (Å²) in [5.41, 5.74) is 5.47. The molecule has 1 rings (SSSR count). The second-order valence-electron chi connectivity index (χ2n) is 2.57. The van der Waals surface area contributed by atoms with E-state index in [1.807, 2.05) is 0 Å². The van der Waals surface area contributed by atoms with Gasteiger partial charge in [0.1, 0.15) is 0 Å². The molecule has 0 amide bonds. The number of aliphatic carboxylic acids is 1. The van der Waals surface area contributed by atoms with Gasteiger partial charge < -0.3 is 15.6 Å². The normalized spacial score (nSPS) is 33.7. The second kappa shape index (κ2) is 2.98. The highest BCUT2D eigenvalue weighted by Crippen LogP contribution is 2.12. The van der Waals surface area contributed by atoms with E-state index in [2.05, 4.69) is 0 Å². The molecule has 0 aromatic heterocycles. The number of hydrogen-bond acceptors (Lipinski definition) is 3. The van der Waals surface area contributed by atoms with Gasteiger partial charge in [-0.15, -0.1) is 0 Å². The molecule has 0 aliphatic carbocycles. The summed E-state index contributed by atoms with van der Waals surface area (Å²) in [7, 11) is 0. The standard InChI is InChI=1S/C6H11NO3/c7-5-1-4(6(8)9)2-10-3-5/h4-5H,1-3,7H2,(H,8,9). The Morgan fingerprint density at radius 1 is 1.60 bits per heavy atom. The van der Waals surface area contributed by atoms with Gasteiger partial charge in [0, 0.05) is 6.04 Å². The molecule has 2 unspecified atom stereocenters. The lowest BCUT2D eigenvalue weighted by Gasteiger charge is -2.23. The maximum Gasteiger partial charge on any atom is 0.308 e. The fraction of sp³-hybridized carbons (Fsp3) is 0.833. The summed E-state index contributed by atoms with van der Waals surface area (Å²) >= 11 is 0. The Labute approximate surface area is 59.0 Å². The first-order chi connectivity index (χ1) is 4.70. The number of carboxylic acids is 1. The van der Waals surface area contributed by atoms with Crippen LogP contribution in [0.2, 0.25) is 0 Å². The number of carbonyl (C=O) groups is 1. The Bertz CT molecular complexity index is 137. The zero-order valence-corrected chi connectivity index (χ0v) is 5.62. The van der Waals surface area contributed by atoms with Gasteiger partial charge in [-0.1, -0.05) is 0 Å². The van der Waals surface area contributed by atoms with Gasteiger partial charge in [-0.2, -0.15) is 0 Å². The molecule has 2 atom stereocenters. The van der Waals surface area contributed by atoms with E-state index in [0.29, 0.717) is 19.6 Å². The SMILES string of the molecule is NC1COCC(C(=O)O)C1. The molecule has 1 saturated heterocycles. The topological polar surface area (TPSA) is 72.5 Å². The van der Waals surface area contributed by atoms with E-state index in [0.717, 1.165) is 0 Å². The third-order valence-corrected chi connectivity index (χ3v) is 1.59. The summed E-state index contributed by atoms with van der Waals surface area (Å²) in [5.74, 6) is -1.21. The first kappa shape index (κ1) is 7.50. The molecule has 0 spiro atoms. The molecule has 0 radical (unpaired) electrons. The van der Waals surface area contributed by atoms with Crippen LogP contribution in [0.1, 0.15) is 6.42 Å². The molecule has 1 aliphatic heterocycles. The third kappa shape index (κ3) is 1.68. The smallest absolute Gasteiger partial charge is 0.308 e. The minimum Gasteiger partial charge on any atom is -0.481 e.